The zero-order valence-corrected chi connectivity index (χ0v) is 19.3. The van der Waals surface area contributed by atoms with Crippen LogP contribution in [-0.2, 0) is 21.9 Å². The Kier molecular flexibility index (Phi) is 5.89. The van der Waals surface area contributed by atoms with Gasteiger partial charge in [0.2, 0.25) is 0 Å². The van der Waals surface area contributed by atoms with Gasteiger partial charge in [-0.2, -0.15) is 9.30 Å². The minimum absolute atomic E-state index is 0.213. The van der Waals surface area contributed by atoms with Gasteiger partial charge in [-0.05, 0) is 43.2 Å². The maximum absolute atomic E-state index is 12.7. The van der Waals surface area contributed by atoms with Gasteiger partial charge in [0.1, 0.15) is 4.21 Å². The highest BCUT2D eigenvalue weighted by Crippen LogP contribution is 2.31. The van der Waals surface area contributed by atoms with E-state index in [9.17, 15) is 13.2 Å². The van der Waals surface area contributed by atoms with Gasteiger partial charge in [-0.1, -0.05) is 34.5 Å². The van der Waals surface area contributed by atoms with Crippen LogP contribution in [0.4, 0.5) is 0 Å². The molecule has 0 bridgehead atoms. The van der Waals surface area contributed by atoms with Crippen LogP contribution in [0, 0.1) is 5.92 Å². The Balaban J connectivity index is 1.50. The van der Waals surface area contributed by atoms with Crippen LogP contribution in [0.5, 0.6) is 0 Å². The molecule has 11 heteroatoms. The largest absolute Gasteiger partial charge is 0.319 e. The van der Waals surface area contributed by atoms with Gasteiger partial charge in [-0.25, -0.2) is 8.42 Å². The van der Waals surface area contributed by atoms with Gasteiger partial charge in [0.25, 0.3) is 15.9 Å². The Bertz CT molecular complexity index is 1250. The number of benzene rings is 1. The second-order valence-electron chi connectivity index (χ2n) is 6.74. The van der Waals surface area contributed by atoms with Crippen LogP contribution < -0.4 is 4.80 Å². The lowest BCUT2D eigenvalue weighted by molar-refractivity contribution is -0.122. The third-order valence-electron chi connectivity index (χ3n) is 4.92. The summed E-state index contributed by atoms with van der Waals surface area (Å²) in [6, 6.07) is 8.65. The van der Waals surface area contributed by atoms with Gasteiger partial charge in [-0.15, -0.1) is 11.3 Å². The Morgan fingerprint density at radius 1 is 1.14 bits per heavy atom. The number of carbonyl (C=O) groups is 1. The number of hydrogen-bond acceptors (Lipinski definition) is 5. The smallest absolute Gasteiger partial charge is 0.252 e. The molecule has 1 saturated heterocycles. The molecule has 1 aliphatic heterocycles. The normalized spacial score (nSPS) is 17.3. The Labute approximate surface area is 186 Å². The van der Waals surface area contributed by atoms with E-state index in [1.165, 1.54) is 21.7 Å². The lowest BCUT2D eigenvalue weighted by atomic mass is 9.98. The summed E-state index contributed by atoms with van der Waals surface area (Å²) in [6.45, 7) is 0.579. The molecule has 0 N–H and O–H groups in total. The van der Waals surface area contributed by atoms with E-state index in [2.05, 4.69) is 4.99 Å². The molecule has 3 heterocycles. The first-order valence-corrected chi connectivity index (χ1v) is 12.7. The highest BCUT2D eigenvalue weighted by molar-refractivity contribution is 7.91. The third-order valence-corrected chi connectivity index (χ3v) is 9.85. The molecule has 29 heavy (non-hydrogen) atoms. The number of thiazole rings is 1. The number of amides is 1. The molecule has 0 radical (unpaired) electrons. The lowest BCUT2D eigenvalue weighted by Gasteiger charge is -2.29. The molecule has 1 amide bonds. The van der Waals surface area contributed by atoms with Crippen molar-refractivity contribution in [2.45, 2.75) is 17.1 Å². The number of aryl methyl sites for hydroxylation is 1. The van der Waals surface area contributed by atoms with Crippen molar-refractivity contribution in [3.05, 3.63) is 44.5 Å². The quantitative estimate of drug-likeness (QED) is 0.554. The van der Waals surface area contributed by atoms with Gasteiger partial charge >= 0.3 is 0 Å². The van der Waals surface area contributed by atoms with E-state index in [4.69, 9.17) is 23.2 Å². The number of carbonyl (C=O) groups excluding carboxylic acids is 1. The van der Waals surface area contributed by atoms with Gasteiger partial charge in [0, 0.05) is 31.1 Å². The fraction of sp³-hybridized carbons (Fsp3) is 0.333. The van der Waals surface area contributed by atoms with Crippen molar-refractivity contribution in [3.8, 4) is 0 Å². The maximum atomic E-state index is 12.7. The van der Waals surface area contributed by atoms with Crippen LogP contribution in [0.3, 0.4) is 0 Å². The predicted octanol–water partition coefficient (Wildman–Crippen LogP) is 4.14. The summed E-state index contributed by atoms with van der Waals surface area (Å²) in [5.41, 5.74) is 0.960. The molecule has 1 aliphatic rings. The number of thiophene rings is 1. The summed E-state index contributed by atoms with van der Waals surface area (Å²) in [5, 5.41) is 0.637. The second-order valence-corrected chi connectivity index (χ2v) is 12.1. The number of piperidine rings is 1. The molecule has 0 unspecified atom stereocenters. The standard InChI is InChI=1S/C18H17Cl2N3O3S3/c1-22-13-3-2-12(19)10-14(13)27-18(22)21-17(24)11-6-8-23(9-7-11)29(25,26)16-5-4-15(20)28-16/h2-5,10-11H,6-9H2,1H3. The zero-order valence-electron chi connectivity index (χ0n) is 15.3. The van der Waals surface area contributed by atoms with E-state index in [0.29, 0.717) is 27.0 Å². The number of aromatic nitrogens is 1. The Morgan fingerprint density at radius 2 is 1.86 bits per heavy atom. The average Bonchev–Trinajstić information content (AvgIpc) is 3.26. The van der Waals surface area contributed by atoms with E-state index in [1.807, 2.05) is 23.7 Å². The molecule has 0 aliphatic carbocycles. The van der Waals surface area contributed by atoms with E-state index < -0.39 is 10.0 Å². The van der Waals surface area contributed by atoms with E-state index in [1.54, 1.807) is 12.1 Å². The molecule has 1 aromatic carbocycles. The fourth-order valence-electron chi connectivity index (χ4n) is 3.31. The number of fused-ring (bicyclic) bond motifs is 1. The van der Waals surface area contributed by atoms with Crippen molar-refractivity contribution >= 4 is 72.0 Å². The highest BCUT2D eigenvalue weighted by Gasteiger charge is 2.32. The van der Waals surface area contributed by atoms with Crippen LogP contribution in [0.25, 0.3) is 10.2 Å². The van der Waals surface area contributed by atoms with Crippen LogP contribution >= 0.6 is 45.9 Å². The summed E-state index contributed by atoms with van der Waals surface area (Å²) in [6.07, 6.45) is 0.891. The van der Waals surface area contributed by atoms with Crippen LogP contribution in [0.2, 0.25) is 9.36 Å². The summed E-state index contributed by atoms with van der Waals surface area (Å²) >= 11 is 14.4. The maximum Gasteiger partial charge on any atom is 0.252 e. The second kappa shape index (κ2) is 8.13. The van der Waals surface area contributed by atoms with E-state index >= 15 is 0 Å². The molecule has 0 atom stereocenters. The van der Waals surface area contributed by atoms with Gasteiger partial charge in [0.15, 0.2) is 4.80 Å². The summed E-state index contributed by atoms with van der Waals surface area (Å²) in [5.74, 6) is -0.503. The number of sulfonamides is 1. The van der Waals surface area contributed by atoms with Crippen molar-refractivity contribution in [1.82, 2.24) is 8.87 Å². The van der Waals surface area contributed by atoms with Crippen LogP contribution in [-0.4, -0.2) is 36.3 Å². The number of rotatable bonds is 3. The molecule has 3 aromatic rings. The molecular weight excluding hydrogens is 473 g/mol. The van der Waals surface area contributed by atoms with Crippen molar-refractivity contribution in [2.24, 2.45) is 18.0 Å². The summed E-state index contributed by atoms with van der Waals surface area (Å²) in [4.78, 5) is 17.6. The third kappa shape index (κ3) is 4.17. The fourth-order valence-corrected chi connectivity index (χ4v) is 7.71. The molecule has 1 fully saturated rings. The minimum Gasteiger partial charge on any atom is -0.319 e. The molecule has 0 saturated carbocycles. The molecule has 2 aromatic heterocycles. The zero-order chi connectivity index (χ0) is 20.8. The van der Waals surface area contributed by atoms with Crippen molar-refractivity contribution in [2.75, 3.05) is 13.1 Å². The highest BCUT2D eigenvalue weighted by atomic mass is 35.5. The van der Waals surface area contributed by atoms with Crippen molar-refractivity contribution < 1.29 is 13.2 Å². The first kappa shape index (κ1) is 21.0. The summed E-state index contributed by atoms with van der Waals surface area (Å²) < 4.78 is 30.3. The first-order valence-electron chi connectivity index (χ1n) is 8.85. The lowest BCUT2D eigenvalue weighted by Crippen LogP contribution is -2.40. The summed E-state index contributed by atoms with van der Waals surface area (Å²) in [7, 11) is -1.71. The molecule has 4 rings (SSSR count). The molecular formula is C18H17Cl2N3O3S3. The predicted molar refractivity (Wildman–Crippen MR) is 117 cm³/mol. The average molecular weight is 490 g/mol. The van der Waals surface area contributed by atoms with Crippen molar-refractivity contribution in [1.29, 1.82) is 0 Å². The Hall–Kier alpha value is -1.23. The van der Waals surface area contributed by atoms with Crippen molar-refractivity contribution in [3.63, 3.8) is 0 Å². The first-order chi connectivity index (χ1) is 13.8. The number of halogens is 2. The Morgan fingerprint density at radius 3 is 2.52 bits per heavy atom. The van der Waals surface area contributed by atoms with E-state index in [0.717, 1.165) is 21.6 Å². The minimum atomic E-state index is -3.57. The number of nitrogens with zero attached hydrogens (tertiary/aromatic N) is 3. The van der Waals surface area contributed by atoms with Crippen LogP contribution in [0.15, 0.2) is 39.5 Å². The molecule has 6 nitrogen and oxygen atoms in total. The van der Waals surface area contributed by atoms with Gasteiger partial charge in [0.05, 0.1) is 14.6 Å². The van der Waals surface area contributed by atoms with E-state index in [-0.39, 0.29) is 29.1 Å². The van der Waals surface area contributed by atoms with Gasteiger partial charge in [-0.3, -0.25) is 4.79 Å². The van der Waals surface area contributed by atoms with Crippen LogP contribution in [0.1, 0.15) is 12.8 Å². The number of hydrogen-bond donors (Lipinski definition) is 0. The van der Waals surface area contributed by atoms with Gasteiger partial charge < -0.3 is 4.57 Å². The molecule has 0 spiro atoms. The SMILES string of the molecule is Cn1c(=NC(=O)C2CCN(S(=O)(=O)c3ccc(Cl)s3)CC2)sc2cc(Cl)ccc21. The molecule has 154 valence electrons. The monoisotopic (exact) mass is 489 g/mol. The topological polar surface area (TPSA) is 71.7 Å².